The summed E-state index contributed by atoms with van der Waals surface area (Å²) in [4.78, 5) is 11.1. The second-order valence-corrected chi connectivity index (χ2v) is 4.11. The summed E-state index contributed by atoms with van der Waals surface area (Å²) in [7, 11) is 0. The van der Waals surface area contributed by atoms with E-state index in [9.17, 15) is 4.79 Å². The minimum absolute atomic E-state index is 0.000828. The monoisotopic (exact) mass is 234 g/mol. The zero-order valence-electron chi connectivity index (χ0n) is 10.3. The summed E-state index contributed by atoms with van der Waals surface area (Å²) in [6.45, 7) is 1.56. The van der Waals surface area contributed by atoms with Crippen LogP contribution in [-0.4, -0.2) is 5.78 Å². The Labute approximate surface area is 108 Å². The standard InChI is InChI=1S/C17H14O/c1-14(18)13-17-10-6-5-9-16(17)12-11-15-7-3-2-4-8-15/h2-10,13,16H,1H3. The highest BCUT2D eigenvalue weighted by Gasteiger charge is 2.08. The molecule has 0 N–H and O–H groups in total. The highest BCUT2D eigenvalue weighted by atomic mass is 16.1. The van der Waals surface area contributed by atoms with Crippen LogP contribution in [0.1, 0.15) is 12.5 Å². The normalized spacial score (nSPS) is 19.4. The Hall–Kier alpha value is -2.33. The highest BCUT2D eigenvalue weighted by molar-refractivity contribution is 5.88. The van der Waals surface area contributed by atoms with Gasteiger partial charge >= 0.3 is 0 Å². The van der Waals surface area contributed by atoms with Crippen LogP contribution in [0.3, 0.4) is 0 Å². The predicted molar refractivity (Wildman–Crippen MR) is 73.9 cm³/mol. The molecule has 0 heterocycles. The van der Waals surface area contributed by atoms with E-state index in [0.29, 0.717) is 0 Å². The molecule has 1 aromatic rings. The van der Waals surface area contributed by atoms with Crippen molar-refractivity contribution in [3.8, 4) is 11.8 Å². The topological polar surface area (TPSA) is 17.1 Å². The third-order valence-corrected chi connectivity index (χ3v) is 2.58. The van der Waals surface area contributed by atoms with Crippen LogP contribution in [0, 0.1) is 17.8 Å². The average molecular weight is 234 g/mol. The Kier molecular flexibility index (Phi) is 3.94. The number of hydrogen-bond acceptors (Lipinski definition) is 1. The van der Waals surface area contributed by atoms with Crippen molar-refractivity contribution in [1.29, 1.82) is 0 Å². The molecule has 18 heavy (non-hydrogen) atoms. The van der Waals surface area contributed by atoms with Crippen LogP contribution in [0.5, 0.6) is 0 Å². The van der Waals surface area contributed by atoms with Crippen LogP contribution >= 0.6 is 0 Å². The minimum atomic E-state index is -0.000828. The maximum Gasteiger partial charge on any atom is 0.152 e. The molecule has 1 heteroatoms. The van der Waals surface area contributed by atoms with E-state index in [1.807, 2.05) is 54.6 Å². The molecule has 1 aliphatic rings. The molecule has 0 bridgehead atoms. The van der Waals surface area contributed by atoms with E-state index in [1.54, 1.807) is 13.0 Å². The Balaban J connectivity index is 2.23. The molecule has 0 radical (unpaired) electrons. The van der Waals surface area contributed by atoms with Crippen molar-refractivity contribution < 1.29 is 4.79 Å². The molecule has 1 aromatic carbocycles. The van der Waals surface area contributed by atoms with Gasteiger partial charge in [0.2, 0.25) is 0 Å². The first-order valence-corrected chi connectivity index (χ1v) is 5.89. The van der Waals surface area contributed by atoms with E-state index in [1.165, 1.54) is 0 Å². The maximum absolute atomic E-state index is 11.1. The fourth-order valence-corrected chi connectivity index (χ4v) is 1.74. The van der Waals surface area contributed by atoms with E-state index in [2.05, 4.69) is 11.8 Å². The molecule has 1 atom stereocenters. The SMILES string of the molecule is CC(=O)C=C1C=CC=CC1C#Cc1ccccc1. The van der Waals surface area contributed by atoms with Gasteiger partial charge in [-0.15, -0.1) is 0 Å². The number of carbonyl (C=O) groups excluding carboxylic acids is 1. The second-order valence-electron chi connectivity index (χ2n) is 4.11. The molecule has 0 amide bonds. The number of hydrogen-bond donors (Lipinski definition) is 0. The van der Waals surface area contributed by atoms with Gasteiger partial charge in [-0.1, -0.05) is 54.3 Å². The summed E-state index contributed by atoms with van der Waals surface area (Å²) in [6.07, 6.45) is 9.47. The number of benzene rings is 1. The molecular weight excluding hydrogens is 220 g/mol. The Morgan fingerprint density at radius 3 is 2.72 bits per heavy atom. The molecule has 0 fully saturated rings. The van der Waals surface area contributed by atoms with E-state index < -0.39 is 0 Å². The highest BCUT2D eigenvalue weighted by Crippen LogP contribution is 2.18. The summed E-state index contributed by atoms with van der Waals surface area (Å²) >= 11 is 0. The van der Waals surface area contributed by atoms with Crippen LogP contribution in [-0.2, 0) is 4.79 Å². The summed E-state index contributed by atoms with van der Waals surface area (Å²) in [5.74, 6) is 6.37. The summed E-state index contributed by atoms with van der Waals surface area (Å²) in [5.41, 5.74) is 1.94. The van der Waals surface area contributed by atoms with Crippen molar-refractivity contribution in [2.75, 3.05) is 0 Å². The zero-order chi connectivity index (χ0) is 12.8. The van der Waals surface area contributed by atoms with Gasteiger partial charge < -0.3 is 0 Å². The lowest BCUT2D eigenvalue weighted by atomic mass is 9.94. The van der Waals surface area contributed by atoms with Gasteiger partial charge in [-0.2, -0.15) is 0 Å². The minimum Gasteiger partial charge on any atom is -0.295 e. The number of allylic oxidation sites excluding steroid dienone is 6. The van der Waals surface area contributed by atoms with Gasteiger partial charge in [-0.25, -0.2) is 0 Å². The third-order valence-electron chi connectivity index (χ3n) is 2.58. The summed E-state index contributed by atoms with van der Waals surface area (Å²) in [6, 6.07) is 9.85. The molecule has 0 aromatic heterocycles. The van der Waals surface area contributed by atoms with Gasteiger partial charge in [0.25, 0.3) is 0 Å². The fourth-order valence-electron chi connectivity index (χ4n) is 1.74. The van der Waals surface area contributed by atoms with Crippen molar-refractivity contribution in [2.45, 2.75) is 6.92 Å². The van der Waals surface area contributed by atoms with Crippen LogP contribution in [0.15, 0.2) is 66.3 Å². The van der Waals surface area contributed by atoms with E-state index in [-0.39, 0.29) is 11.7 Å². The lowest BCUT2D eigenvalue weighted by Gasteiger charge is -2.09. The Bertz CT molecular complexity index is 577. The lowest BCUT2D eigenvalue weighted by molar-refractivity contribution is -0.112. The van der Waals surface area contributed by atoms with Crippen LogP contribution in [0.4, 0.5) is 0 Å². The van der Waals surface area contributed by atoms with E-state index in [0.717, 1.165) is 11.1 Å². The van der Waals surface area contributed by atoms with Gasteiger partial charge in [-0.05, 0) is 30.7 Å². The van der Waals surface area contributed by atoms with Crippen LogP contribution in [0.2, 0.25) is 0 Å². The molecule has 0 saturated heterocycles. The first-order chi connectivity index (χ1) is 8.75. The molecular formula is C17H14O. The van der Waals surface area contributed by atoms with Gasteiger partial charge in [0.15, 0.2) is 5.78 Å². The van der Waals surface area contributed by atoms with Gasteiger partial charge in [0, 0.05) is 5.56 Å². The fraction of sp³-hybridized carbons (Fsp3) is 0.118. The quantitative estimate of drug-likeness (QED) is 0.538. The average Bonchev–Trinajstić information content (AvgIpc) is 2.38. The van der Waals surface area contributed by atoms with Gasteiger partial charge in [0.1, 0.15) is 0 Å². The van der Waals surface area contributed by atoms with Crippen molar-refractivity contribution in [2.24, 2.45) is 5.92 Å². The van der Waals surface area contributed by atoms with Gasteiger partial charge in [0.05, 0.1) is 5.92 Å². The third kappa shape index (κ3) is 3.33. The van der Waals surface area contributed by atoms with Crippen LogP contribution in [0.25, 0.3) is 0 Å². The van der Waals surface area contributed by atoms with Crippen molar-refractivity contribution in [3.05, 3.63) is 71.8 Å². The predicted octanol–water partition coefficient (Wildman–Crippen LogP) is 3.30. The molecule has 0 spiro atoms. The van der Waals surface area contributed by atoms with Crippen molar-refractivity contribution >= 4 is 5.78 Å². The zero-order valence-corrected chi connectivity index (χ0v) is 10.3. The molecule has 1 aliphatic carbocycles. The second kappa shape index (κ2) is 5.84. The molecule has 1 unspecified atom stereocenters. The molecule has 0 aliphatic heterocycles. The van der Waals surface area contributed by atoms with E-state index >= 15 is 0 Å². The largest absolute Gasteiger partial charge is 0.295 e. The first kappa shape index (κ1) is 12.1. The Morgan fingerprint density at radius 2 is 2.00 bits per heavy atom. The Morgan fingerprint density at radius 1 is 1.22 bits per heavy atom. The smallest absolute Gasteiger partial charge is 0.152 e. The molecule has 0 saturated carbocycles. The molecule has 2 rings (SSSR count). The van der Waals surface area contributed by atoms with Crippen LogP contribution < -0.4 is 0 Å². The molecule has 1 nitrogen and oxygen atoms in total. The number of carbonyl (C=O) groups is 1. The maximum atomic E-state index is 11.1. The summed E-state index contributed by atoms with van der Waals surface area (Å²) < 4.78 is 0. The van der Waals surface area contributed by atoms with Crippen molar-refractivity contribution in [3.63, 3.8) is 0 Å². The number of ketones is 1. The summed E-state index contributed by atoms with van der Waals surface area (Å²) in [5, 5.41) is 0. The first-order valence-electron chi connectivity index (χ1n) is 5.89. The van der Waals surface area contributed by atoms with Gasteiger partial charge in [-0.3, -0.25) is 4.79 Å². The molecule has 88 valence electrons. The van der Waals surface area contributed by atoms with Crippen molar-refractivity contribution in [1.82, 2.24) is 0 Å². The number of rotatable bonds is 1. The lowest BCUT2D eigenvalue weighted by Crippen LogP contribution is -2.01. The van der Waals surface area contributed by atoms with E-state index in [4.69, 9.17) is 0 Å².